The normalized spacial score (nSPS) is 18.1. The molecule has 1 aliphatic rings. The van der Waals surface area contributed by atoms with Gasteiger partial charge in [-0.2, -0.15) is 0 Å². The van der Waals surface area contributed by atoms with Gasteiger partial charge in [-0.1, -0.05) is 50.2 Å². The molecule has 142 valence electrons. The summed E-state index contributed by atoms with van der Waals surface area (Å²) in [4.78, 5) is 15.7. The molecule has 0 bridgehead atoms. The van der Waals surface area contributed by atoms with E-state index in [1.807, 2.05) is 38.1 Å². The molecule has 4 heteroatoms. The van der Waals surface area contributed by atoms with Gasteiger partial charge in [0.2, 0.25) is 6.10 Å². The van der Waals surface area contributed by atoms with Crippen molar-refractivity contribution in [1.82, 2.24) is 0 Å². The van der Waals surface area contributed by atoms with Gasteiger partial charge < -0.3 is 9.47 Å². The Morgan fingerprint density at radius 3 is 1.79 bits per heavy atom. The molecule has 0 saturated carbocycles. The molecule has 28 heavy (non-hydrogen) atoms. The molecule has 3 aromatic carbocycles. The summed E-state index contributed by atoms with van der Waals surface area (Å²) in [6.45, 7) is 4.36. The highest BCUT2D eigenvalue weighted by atomic mass is 32.2. The highest BCUT2D eigenvalue weighted by Crippen LogP contribution is 2.34. The second-order valence-electron chi connectivity index (χ2n) is 7.50. The third kappa shape index (κ3) is 3.78. The monoisotopic (exact) mass is 391 g/mol. The first kappa shape index (κ1) is 18.6. The number of hydrogen-bond donors (Lipinski definition) is 0. The molecule has 1 fully saturated rings. The molecule has 1 atom stereocenters. The van der Waals surface area contributed by atoms with Crippen molar-refractivity contribution in [3.8, 4) is 5.75 Å². The minimum atomic E-state index is -0.570. The maximum absolute atomic E-state index is 12.0. The van der Waals surface area contributed by atoms with Crippen LogP contribution in [0.2, 0.25) is 0 Å². The fourth-order valence-corrected chi connectivity index (χ4v) is 5.33. The van der Waals surface area contributed by atoms with Gasteiger partial charge >= 0.3 is 5.97 Å². The van der Waals surface area contributed by atoms with Crippen LogP contribution in [-0.4, -0.2) is 18.7 Å². The van der Waals surface area contributed by atoms with Crippen LogP contribution < -0.4 is 4.74 Å². The van der Waals surface area contributed by atoms with Crippen LogP contribution in [0, 0.1) is 5.41 Å². The summed E-state index contributed by atoms with van der Waals surface area (Å²) in [7, 11) is -0.196. The van der Waals surface area contributed by atoms with E-state index in [0.717, 1.165) is 0 Å². The van der Waals surface area contributed by atoms with Crippen molar-refractivity contribution in [1.29, 1.82) is 0 Å². The quantitative estimate of drug-likeness (QED) is 0.448. The summed E-state index contributed by atoms with van der Waals surface area (Å²) < 4.78 is 11.1. The van der Waals surface area contributed by atoms with Gasteiger partial charge in [-0.3, -0.25) is 0 Å². The molecule has 0 amide bonds. The van der Waals surface area contributed by atoms with Gasteiger partial charge in [0.25, 0.3) is 0 Å². The van der Waals surface area contributed by atoms with Gasteiger partial charge in [-0.25, -0.2) is 4.79 Å². The summed E-state index contributed by atoms with van der Waals surface area (Å²) >= 11 is 0. The molecule has 0 N–H and O–H groups in total. The van der Waals surface area contributed by atoms with Crippen LogP contribution in [0.25, 0.3) is 0 Å². The second kappa shape index (κ2) is 7.72. The molecule has 0 radical (unpaired) electrons. The third-order valence-corrected chi connectivity index (χ3v) is 7.01. The molecule has 1 heterocycles. The SMILES string of the molecule is CC1(C)COC(=O)C1Oc1ccc([S+](c2ccccc2)c2ccccc2)cc1. The highest BCUT2D eigenvalue weighted by Gasteiger charge is 2.45. The third-order valence-electron chi connectivity index (χ3n) is 4.78. The summed E-state index contributed by atoms with van der Waals surface area (Å²) in [6, 6.07) is 29.1. The summed E-state index contributed by atoms with van der Waals surface area (Å²) in [5.74, 6) is 0.396. The van der Waals surface area contributed by atoms with Crippen LogP contribution >= 0.6 is 0 Å². The Kier molecular flexibility index (Phi) is 5.14. The lowest BCUT2D eigenvalue weighted by molar-refractivity contribution is -0.143. The maximum atomic E-state index is 12.0. The van der Waals surface area contributed by atoms with Crippen molar-refractivity contribution in [3.05, 3.63) is 84.9 Å². The van der Waals surface area contributed by atoms with E-state index in [2.05, 4.69) is 60.7 Å². The number of cyclic esters (lactones) is 1. The van der Waals surface area contributed by atoms with E-state index >= 15 is 0 Å². The first-order chi connectivity index (χ1) is 13.5. The van der Waals surface area contributed by atoms with E-state index in [-0.39, 0.29) is 22.3 Å². The smallest absolute Gasteiger partial charge is 0.348 e. The highest BCUT2D eigenvalue weighted by molar-refractivity contribution is 7.97. The molecular formula is C24H23O3S+. The lowest BCUT2D eigenvalue weighted by atomic mass is 9.90. The zero-order chi connectivity index (χ0) is 19.6. The van der Waals surface area contributed by atoms with E-state index < -0.39 is 6.10 Å². The van der Waals surface area contributed by atoms with E-state index in [9.17, 15) is 4.79 Å². The van der Waals surface area contributed by atoms with Crippen LogP contribution in [0.15, 0.2) is 99.6 Å². The average Bonchev–Trinajstić information content (AvgIpc) is 2.98. The summed E-state index contributed by atoms with van der Waals surface area (Å²) in [5.41, 5.74) is -0.325. The topological polar surface area (TPSA) is 35.5 Å². The zero-order valence-corrected chi connectivity index (χ0v) is 16.8. The molecule has 4 rings (SSSR count). The first-order valence-corrected chi connectivity index (χ1v) is 10.5. The van der Waals surface area contributed by atoms with Crippen LogP contribution in [-0.2, 0) is 20.4 Å². The van der Waals surface area contributed by atoms with Gasteiger partial charge in [0.15, 0.2) is 14.7 Å². The van der Waals surface area contributed by atoms with Crippen molar-refractivity contribution < 1.29 is 14.3 Å². The molecule has 0 spiro atoms. The predicted molar refractivity (Wildman–Crippen MR) is 111 cm³/mol. The van der Waals surface area contributed by atoms with E-state index in [1.54, 1.807) is 0 Å². The maximum Gasteiger partial charge on any atom is 0.348 e. The standard InChI is InChI=1S/C24H23O3S/c1-24(2)17-26-23(25)22(24)27-18-13-15-21(16-14-18)28(19-9-5-3-6-10-19)20-11-7-4-8-12-20/h3-16,22H,17H2,1-2H3/q+1. The zero-order valence-electron chi connectivity index (χ0n) is 16.0. The van der Waals surface area contributed by atoms with E-state index in [1.165, 1.54) is 14.7 Å². The molecule has 3 nitrogen and oxygen atoms in total. The Morgan fingerprint density at radius 2 is 1.32 bits per heavy atom. The van der Waals surface area contributed by atoms with Gasteiger partial charge in [-0.05, 0) is 48.5 Å². The summed E-state index contributed by atoms with van der Waals surface area (Å²) in [6.07, 6.45) is -0.570. The Bertz CT molecular complexity index is 897. The lowest BCUT2D eigenvalue weighted by Gasteiger charge is -2.22. The summed E-state index contributed by atoms with van der Waals surface area (Å²) in [5, 5.41) is 0. The number of esters is 1. The fourth-order valence-electron chi connectivity index (χ4n) is 3.25. The number of hydrogen-bond acceptors (Lipinski definition) is 3. The molecule has 3 aromatic rings. The van der Waals surface area contributed by atoms with E-state index in [0.29, 0.717) is 12.4 Å². The van der Waals surface area contributed by atoms with Crippen LogP contribution in [0.4, 0.5) is 0 Å². The number of carbonyl (C=O) groups is 1. The molecule has 1 saturated heterocycles. The Hall–Kier alpha value is -2.72. The average molecular weight is 392 g/mol. The van der Waals surface area contributed by atoms with Gasteiger partial charge in [0.05, 0.1) is 10.9 Å². The minimum Gasteiger partial charge on any atom is -0.478 e. The Labute approximate surface area is 168 Å². The first-order valence-electron chi connectivity index (χ1n) is 9.32. The number of carbonyl (C=O) groups excluding carboxylic acids is 1. The molecule has 1 unspecified atom stereocenters. The molecule has 0 aliphatic carbocycles. The predicted octanol–water partition coefficient (Wildman–Crippen LogP) is 5.11. The minimum absolute atomic E-state index is 0.196. The largest absolute Gasteiger partial charge is 0.478 e. The number of benzene rings is 3. The van der Waals surface area contributed by atoms with Crippen LogP contribution in [0.5, 0.6) is 5.75 Å². The van der Waals surface area contributed by atoms with Crippen molar-refractivity contribution in [2.45, 2.75) is 34.6 Å². The van der Waals surface area contributed by atoms with Gasteiger partial charge in [0, 0.05) is 5.41 Å². The van der Waals surface area contributed by atoms with Crippen molar-refractivity contribution >= 4 is 16.9 Å². The Morgan fingerprint density at radius 1 is 0.821 bits per heavy atom. The fraction of sp³-hybridized carbons (Fsp3) is 0.208. The molecule has 1 aliphatic heterocycles. The van der Waals surface area contributed by atoms with E-state index in [4.69, 9.17) is 9.47 Å². The van der Waals surface area contributed by atoms with Crippen molar-refractivity contribution in [2.24, 2.45) is 5.41 Å². The second-order valence-corrected chi connectivity index (χ2v) is 9.52. The number of ether oxygens (including phenoxy) is 2. The van der Waals surface area contributed by atoms with Gasteiger partial charge in [-0.15, -0.1) is 0 Å². The number of rotatable bonds is 5. The lowest BCUT2D eigenvalue weighted by Crippen LogP contribution is -2.35. The Balaban J connectivity index is 1.63. The van der Waals surface area contributed by atoms with Crippen molar-refractivity contribution in [3.63, 3.8) is 0 Å². The molecular weight excluding hydrogens is 368 g/mol. The molecule has 0 aromatic heterocycles. The van der Waals surface area contributed by atoms with Gasteiger partial charge in [0.1, 0.15) is 12.4 Å². The van der Waals surface area contributed by atoms with Crippen molar-refractivity contribution in [2.75, 3.05) is 6.61 Å². The van der Waals surface area contributed by atoms with Crippen LogP contribution in [0.3, 0.4) is 0 Å². The van der Waals surface area contributed by atoms with Crippen LogP contribution in [0.1, 0.15) is 13.8 Å².